The molecule has 2 rings (SSSR count). The number of nitrogens with one attached hydrogen (secondary N) is 1. The highest BCUT2D eigenvalue weighted by molar-refractivity contribution is 6.60. The van der Waals surface area contributed by atoms with Gasteiger partial charge in [0.2, 0.25) is 0 Å². The SMILES string of the molecule is CC1CCCCCC[SiH]1CCCCl.COCOC1=CNC=CC=C1. The molecule has 0 amide bonds. The van der Waals surface area contributed by atoms with Crippen LogP contribution in [0.3, 0.4) is 0 Å². The molecular formula is C19H34ClNO2Si. The van der Waals surface area contributed by atoms with E-state index < -0.39 is 8.80 Å². The van der Waals surface area contributed by atoms with Gasteiger partial charge in [0.05, 0.1) is 0 Å². The van der Waals surface area contributed by atoms with Crippen molar-refractivity contribution in [1.29, 1.82) is 0 Å². The molecule has 2 atom stereocenters. The highest BCUT2D eigenvalue weighted by atomic mass is 35.5. The van der Waals surface area contributed by atoms with E-state index >= 15 is 0 Å². The van der Waals surface area contributed by atoms with Crippen LogP contribution < -0.4 is 5.32 Å². The third-order valence-corrected chi connectivity index (χ3v) is 9.14. The Morgan fingerprint density at radius 2 is 2.08 bits per heavy atom. The molecule has 0 bridgehead atoms. The maximum absolute atomic E-state index is 5.76. The van der Waals surface area contributed by atoms with Gasteiger partial charge in [0, 0.05) is 34.2 Å². The van der Waals surface area contributed by atoms with Crippen molar-refractivity contribution < 1.29 is 9.47 Å². The highest BCUT2D eigenvalue weighted by Gasteiger charge is 2.19. The number of methoxy groups -OCH3 is 1. The van der Waals surface area contributed by atoms with Crippen LogP contribution in [0.1, 0.15) is 45.4 Å². The Hall–Kier alpha value is -0.713. The first-order valence-electron chi connectivity index (χ1n) is 9.25. The van der Waals surface area contributed by atoms with Crippen molar-refractivity contribution in [2.24, 2.45) is 0 Å². The average molecular weight is 372 g/mol. The number of rotatable bonds is 6. The predicted molar refractivity (Wildman–Crippen MR) is 107 cm³/mol. The molecule has 1 N–H and O–H groups in total. The van der Waals surface area contributed by atoms with Gasteiger partial charge in [-0.1, -0.05) is 62.7 Å². The summed E-state index contributed by atoms with van der Waals surface area (Å²) in [4.78, 5) is 0. The molecule has 0 aromatic carbocycles. The van der Waals surface area contributed by atoms with Crippen LogP contribution in [0.2, 0.25) is 17.6 Å². The minimum Gasteiger partial charge on any atom is -0.466 e. The van der Waals surface area contributed by atoms with Crippen molar-refractivity contribution in [3.8, 4) is 0 Å². The average Bonchev–Trinajstić information content (AvgIpc) is 2.85. The third kappa shape index (κ3) is 10.2. The van der Waals surface area contributed by atoms with E-state index in [1.807, 2.05) is 24.4 Å². The van der Waals surface area contributed by atoms with Crippen molar-refractivity contribution in [3.05, 3.63) is 36.4 Å². The summed E-state index contributed by atoms with van der Waals surface area (Å²) in [5.74, 6) is 1.65. The molecule has 0 spiro atoms. The predicted octanol–water partition coefficient (Wildman–Crippen LogP) is 5.32. The van der Waals surface area contributed by atoms with Crippen LogP contribution >= 0.6 is 11.6 Å². The Balaban J connectivity index is 0.000000243. The van der Waals surface area contributed by atoms with Crippen LogP contribution in [0.4, 0.5) is 0 Å². The lowest BCUT2D eigenvalue weighted by atomic mass is 10.1. The number of hydrogen-bond acceptors (Lipinski definition) is 3. The summed E-state index contributed by atoms with van der Waals surface area (Å²) >= 11 is 5.76. The zero-order chi connectivity index (χ0) is 17.5. The minimum atomic E-state index is -0.396. The number of ether oxygens (including phenoxy) is 2. The van der Waals surface area contributed by atoms with Crippen LogP contribution in [0.5, 0.6) is 0 Å². The normalized spacial score (nSPS) is 23.7. The molecule has 0 aromatic heterocycles. The molecule has 0 saturated carbocycles. The Morgan fingerprint density at radius 3 is 2.88 bits per heavy atom. The molecule has 2 aliphatic heterocycles. The molecule has 2 aliphatic rings. The Bertz CT molecular complexity index is 397. The van der Waals surface area contributed by atoms with E-state index in [1.165, 1.54) is 44.6 Å². The van der Waals surface area contributed by atoms with Crippen LogP contribution in [-0.4, -0.2) is 28.6 Å². The number of allylic oxidation sites excluding steroid dienone is 3. The minimum absolute atomic E-state index is 0.276. The zero-order valence-electron chi connectivity index (χ0n) is 15.3. The van der Waals surface area contributed by atoms with E-state index in [9.17, 15) is 0 Å². The summed E-state index contributed by atoms with van der Waals surface area (Å²) in [6.07, 6.45) is 18.0. The molecule has 0 aromatic rings. The molecule has 2 heterocycles. The first kappa shape index (κ1) is 21.3. The van der Waals surface area contributed by atoms with Gasteiger partial charge in [0.25, 0.3) is 0 Å². The van der Waals surface area contributed by atoms with Crippen LogP contribution in [0.15, 0.2) is 36.4 Å². The molecule has 1 saturated heterocycles. The molecule has 0 aliphatic carbocycles. The fraction of sp³-hybridized carbons (Fsp3) is 0.684. The molecule has 138 valence electrons. The second kappa shape index (κ2) is 14.6. The largest absolute Gasteiger partial charge is 0.466 e. The summed E-state index contributed by atoms with van der Waals surface area (Å²) in [7, 11) is 1.19. The zero-order valence-corrected chi connectivity index (χ0v) is 17.2. The number of halogens is 1. The third-order valence-electron chi connectivity index (χ3n) is 4.63. The van der Waals surface area contributed by atoms with E-state index in [2.05, 4.69) is 12.2 Å². The molecule has 3 nitrogen and oxygen atoms in total. The Morgan fingerprint density at radius 1 is 1.25 bits per heavy atom. The fourth-order valence-corrected chi connectivity index (χ4v) is 7.26. The monoisotopic (exact) mass is 371 g/mol. The number of hydrogen-bond donors (Lipinski definition) is 1. The Labute approximate surface area is 154 Å². The summed E-state index contributed by atoms with van der Waals surface area (Å²) in [6, 6.07) is 3.10. The standard InChI is InChI=1S/C11H23ClSi.C8H11NO2/c1-11-7-4-2-3-5-9-13(11)10-6-8-12;1-10-7-11-8-4-2-3-5-9-6-8/h11,13H,2-10H2,1H3;2-6,9H,7H2,1H3. The molecule has 2 unspecified atom stereocenters. The van der Waals surface area contributed by atoms with E-state index in [-0.39, 0.29) is 6.79 Å². The molecular weight excluding hydrogens is 338 g/mol. The number of alkyl halides is 1. The van der Waals surface area contributed by atoms with Gasteiger partial charge in [0.1, 0.15) is 5.76 Å². The fourth-order valence-electron chi connectivity index (χ4n) is 3.17. The van der Waals surface area contributed by atoms with Crippen molar-refractivity contribution in [1.82, 2.24) is 5.32 Å². The van der Waals surface area contributed by atoms with Crippen molar-refractivity contribution in [2.45, 2.75) is 63.1 Å². The van der Waals surface area contributed by atoms with Gasteiger partial charge in [-0.25, -0.2) is 0 Å². The Kier molecular flexibility index (Phi) is 13.0. The lowest BCUT2D eigenvalue weighted by molar-refractivity contribution is 0.00969. The molecule has 5 heteroatoms. The summed E-state index contributed by atoms with van der Waals surface area (Å²) in [5.41, 5.74) is 1.09. The van der Waals surface area contributed by atoms with E-state index in [1.54, 1.807) is 19.4 Å². The van der Waals surface area contributed by atoms with Crippen LogP contribution in [0.25, 0.3) is 0 Å². The van der Waals surface area contributed by atoms with Gasteiger partial charge in [-0.3, -0.25) is 0 Å². The second-order valence-electron chi connectivity index (χ2n) is 6.54. The molecule has 0 radical (unpaired) electrons. The van der Waals surface area contributed by atoms with E-state index in [0.29, 0.717) is 0 Å². The molecule has 1 fully saturated rings. The summed E-state index contributed by atoms with van der Waals surface area (Å²) < 4.78 is 9.90. The van der Waals surface area contributed by atoms with Gasteiger partial charge < -0.3 is 14.8 Å². The van der Waals surface area contributed by atoms with Gasteiger partial charge in [-0.15, -0.1) is 11.6 Å². The van der Waals surface area contributed by atoms with E-state index in [0.717, 1.165) is 17.2 Å². The molecule has 24 heavy (non-hydrogen) atoms. The van der Waals surface area contributed by atoms with Gasteiger partial charge in [0.15, 0.2) is 6.79 Å². The first-order valence-corrected chi connectivity index (χ1v) is 12.1. The van der Waals surface area contributed by atoms with Gasteiger partial charge >= 0.3 is 0 Å². The van der Waals surface area contributed by atoms with E-state index in [4.69, 9.17) is 21.1 Å². The maximum atomic E-state index is 5.76. The highest BCUT2D eigenvalue weighted by Crippen LogP contribution is 2.29. The smallest absolute Gasteiger partial charge is 0.188 e. The quantitative estimate of drug-likeness (QED) is 0.389. The van der Waals surface area contributed by atoms with Gasteiger partial charge in [-0.2, -0.15) is 0 Å². The van der Waals surface area contributed by atoms with Crippen molar-refractivity contribution in [2.75, 3.05) is 19.8 Å². The summed E-state index contributed by atoms with van der Waals surface area (Å²) in [5, 5.41) is 2.92. The second-order valence-corrected chi connectivity index (χ2v) is 10.7. The first-order chi connectivity index (χ1) is 11.8. The lowest BCUT2D eigenvalue weighted by Gasteiger charge is -2.24. The van der Waals surface area contributed by atoms with Gasteiger partial charge in [-0.05, 0) is 18.6 Å². The topological polar surface area (TPSA) is 30.5 Å². The maximum Gasteiger partial charge on any atom is 0.188 e. The van der Waals surface area contributed by atoms with Crippen molar-refractivity contribution >= 4 is 20.4 Å². The summed E-state index contributed by atoms with van der Waals surface area (Å²) in [6.45, 7) is 2.77. The van der Waals surface area contributed by atoms with Crippen molar-refractivity contribution in [3.63, 3.8) is 0 Å². The van der Waals surface area contributed by atoms with Crippen LogP contribution in [-0.2, 0) is 9.47 Å². The van der Waals surface area contributed by atoms with Crippen LogP contribution in [0, 0.1) is 0 Å². The lowest BCUT2D eigenvalue weighted by Crippen LogP contribution is -2.20.